The molecule has 1 aromatic heterocycles. The average molecular weight is 262 g/mol. The standard InChI is InChI=1S/C17H14N2O/c18-17(20)13-9-10-19-16(11-13)15-8-4-3-7-14(15)12-5-1-2-6-12/h1-12H,(H2,18,20). The van der Waals surface area contributed by atoms with Crippen LogP contribution in [0, 0.1) is 0 Å². The Morgan fingerprint density at radius 1 is 1.10 bits per heavy atom. The summed E-state index contributed by atoms with van der Waals surface area (Å²) >= 11 is 0. The van der Waals surface area contributed by atoms with E-state index in [1.54, 1.807) is 18.3 Å². The van der Waals surface area contributed by atoms with E-state index in [9.17, 15) is 4.79 Å². The normalized spacial score (nSPS) is 13.8. The summed E-state index contributed by atoms with van der Waals surface area (Å²) in [7, 11) is 0. The summed E-state index contributed by atoms with van der Waals surface area (Å²) < 4.78 is 0. The monoisotopic (exact) mass is 262 g/mol. The van der Waals surface area contributed by atoms with Gasteiger partial charge < -0.3 is 5.73 Å². The molecule has 2 aromatic rings. The lowest BCUT2D eigenvalue weighted by Gasteiger charge is -2.12. The summed E-state index contributed by atoms with van der Waals surface area (Å²) in [5.74, 6) is -0.183. The van der Waals surface area contributed by atoms with Crippen LogP contribution in [0.25, 0.3) is 11.3 Å². The van der Waals surface area contributed by atoms with Gasteiger partial charge in [-0.3, -0.25) is 9.78 Å². The van der Waals surface area contributed by atoms with E-state index in [2.05, 4.69) is 23.2 Å². The largest absolute Gasteiger partial charge is 0.366 e. The molecule has 0 fully saturated rings. The minimum atomic E-state index is -0.438. The molecule has 98 valence electrons. The van der Waals surface area contributed by atoms with Crippen LogP contribution < -0.4 is 5.73 Å². The van der Waals surface area contributed by atoms with Gasteiger partial charge in [-0.15, -0.1) is 0 Å². The second kappa shape index (κ2) is 5.13. The van der Waals surface area contributed by atoms with Gasteiger partial charge in [0.15, 0.2) is 0 Å². The van der Waals surface area contributed by atoms with Crippen LogP contribution in [0.1, 0.15) is 21.8 Å². The highest BCUT2D eigenvalue weighted by atomic mass is 16.1. The maximum atomic E-state index is 11.3. The third-order valence-electron chi connectivity index (χ3n) is 3.39. The topological polar surface area (TPSA) is 56.0 Å². The average Bonchev–Trinajstić information content (AvgIpc) is 3.01. The first-order valence-electron chi connectivity index (χ1n) is 6.46. The van der Waals surface area contributed by atoms with Crippen LogP contribution in [0.4, 0.5) is 0 Å². The molecule has 3 nitrogen and oxygen atoms in total. The minimum absolute atomic E-state index is 0.255. The molecule has 20 heavy (non-hydrogen) atoms. The van der Waals surface area contributed by atoms with Crippen molar-refractivity contribution >= 4 is 5.91 Å². The molecule has 1 heterocycles. The molecule has 0 radical (unpaired) electrons. The van der Waals surface area contributed by atoms with E-state index in [0.717, 1.165) is 11.3 Å². The van der Waals surface area contributed by atoms with Gasteiger partial charge in [-0.2, -0.15) is 0 Å². The number of benzene rings is 1. The van der Waals surface area contributed by atoms with Crippen LogP contribution in [0.3, 0.4) is 0 Å². The van der Waals surface area contributed by atoms with Crippen LogP contribution in [0.2, 0.25) is 0 Å². The van der Waals surface area contributed by atoms with E-state index < -0.39 is 5.91 Å². The van der Waals surface area contributed by atoms with Crippen LogP contribution in [-0.2, 0) is 0 Å². The Labute approximate surface area is 117 Å². The molecule has 0 bridgehead atoms. The summed E-state index contributed by atoms with van der Waals surface area (Å²) in [4.78, 5) is 15.7. The third-order valence-corrected chi connectivity index (χ3v) is 3.39. The molecule has 1 aliphatic carbocycles. The maximum absolute atomic E-state index is 11.3. The van der Waals surface area contributed by atoms with Crippen molar-refractivity contribution in [3.8, 4) is 11.3 Å². The van der Waals surface area contributed by atoms with Gasteiger partial charge in [0.05, 0.1) is 5.69 Å². The molecule has 1 aromatic carbocycles. The van der Waals surface area contributed by atoms with Crippen molar-refractivity contribution in [1.82, 2.24) is 4.98 Å². The lowest BCUT2D eigenvalue weighted by atomic mass is 9.93. The fourth-order valence-corrected chi connectivity index (χ4v) is 2.39. The molecule has 0 saturated heterocycles. The van der Waals surface area contributed by atoms with Crippen molar-refractivity contribution in [2.24, 2.45) is 5.73 Å². The molecule has 1 aliphatic rings. The molecule has 2 N–H and O–H groups in total. The summed E-state index contributed by atoms with van der Waals surface area (Å²) in [5, 5.41) is 0. The van der Waals surface area contributed by atoms with E-state index in [-0.39, 0.29) is 5.92 Å². The highest BCUT2D eigenvalue weighted by Crippen LogP contribution is 2.31. The zero-order chi connectivity index (χ0) is 13.9. The number of nitrogens with two attached hydrogens (primary N) is 1. The Bertz CT molecular complexity index is 704. The van der Waals surface area contributed by atoms with E-state index >= 15 is 0 Å². The summed E-state index contributed by atoms with van der Waals surface area (Å²) in [6.07, 6.45) is 9.96. The van der Waals surface area contributed by atoms with E-state index in [0.29, 0.717) is 5.56 Å². The fraction of sp³-hybridized carbons (Fsp3) is 0.0588. The van der Waals surface area contributed by atoms with Crippen molar-refractivity contribution < 1.29 is 4.79 Å². The van der Waals surface area contributed by atoms with Gasteiger partial charge in [0.2, 0.25) is 5.91 Å². The number of rotatable bonds is 3. The Kier molecular flexibility index (Phi) is 3.17. The predicted molar refractivity (Wildman–Crippen MR) is 79.2 cm³/mol. The SMILES string of the molecule is NC(=O)c1ccnc(-c2ccccc2C2C=CC=C2)c1. The van der Waals surface area contributed by atoms with E-state index in [4.69, 9.17) is 5.73 Å². The molecule has 0 aliphatic heterocycles. The minimum Gasteiger partial charge on any atom is -0.366 e. The molecule has 0 saturated carbocycles. The highest BCUT2D eigenvalue weighted by molar-refractivity contribution is 5.93. The predicted octanol–water partition coefficient (Wildman–Crippen LogP) is 3.06. The number of allylic oxidation sites excluding steroid dienone is 4. The fourth-order valence-electron chi connectivity index (χ4n) is 2.39. The first-order valence-corrected chi connectivity index (χ1v) is 6.46. The zero-order valence-corrected chi connectivity index (χ0v) is 10.9. The molecule has 0 unspecified atom stereocenters. The number of hydrogen-bond donors (Lipinski definition) is 1. The molecule has 0 spiro atoms. The molecule has 0 atom stereocenters. The number of carbonyl (C=O) groups excluding carboxylic acids is 1. The van der Waals surface area contributed by atoms with Gasteiger partial charge in [0, 0.05) is 23.2 Å². The van der Waals surface area contributed by atoms with Gasteiger partial charge in [0.1, 0.15) is 0 Å². The quantitative estimate of drug-likeness (QED) is 0.924. The number of aromatic nitrogens is 1. The Morgan fingerprint density at radius 3 is 2.60 bits per heavy atom. The van der Waals surface area contributed by atoms with Crippen molar-refractivity contribution in [2.75, 3.05) is 0 Å². The second-order valence-corrected chi connectivity index (χ2v) is 4.68. The molecular formula is C17H14N2O. The molecule has 1 amide bonds. The lowest BCUT2D eigenvalue weighted by molar-refractivity contribution is 0.1000. The van der Waals surface area contributed by atoms with Gasteiger partial charge in [-0.1, -0.05) is 48.6 Å². The van der Waals surface area contributed by atoms with Crippen LogP contribution >= 0.6 is 0 Å². The van der Waals surface area contributed by atoms with Crippen molar-refractivity contribution in [3.63, 3.8) is 0 Å². The maximum Gasteiger partial charge on any atom is 0.248 e. The number of hydrogen-bond acceptors (Lipinski definition) is 2. The van der Waals surface area contributed by atoms with Crippen molar-refractivity contribution in [2.45, 2.75) is 5.92 Å². The van der Waals surface area contributed by atoms with E-state index in [1.807, 2.05) is 30.4 Å². The van der Waals surface area contributed by atoms with Gasteiger partial charge >= 0.3 is 0 Å². The number of carbonyl (C=O) groups is 1. The number of nitrogens with zero attached hydrogens (tertiary/aromatic N) is 1. The Morgan fingerprint density at radius 2 is 1.85 bits per heavy atom. The number of amides is 1. The van der Waals surface area contributed by atoms with Gasteiger partial charge in [-0.25, -0.2) is 0 Å². The second-order valence-electron chi connectivity index (χ2n) is 4.68. The summed E-state index contributed by atoms with van der Waals surface area (Å²) in [6, 6.07) is 11.4. The van der Waals surface area contributed by atoms with Crippen LogP contribution in [0.5, 0.6) is 0 Å². The third kappa shape index (κ3) is 2.26. The van der Waals surface area contributed by atoms with Crippen molar-refractivity contribution in [1.29, 1.82) is 0 Å². The Balaban J connectivity index is 2.10. The summed E-state index contributed by atoms with van der Waals surface area (Å²) in [6.45, 7) is 0. The van der Waals surface area contributed by atoms with Crippen molar-refractivity contribution in [3.05, 3.63) is 78.0 Å². The Hall–Kier alpha value is -2.68. The van der Waals surface area contributed by atoms with Gasteiger partial charge in [0.25, 0.3) is 0 Å². The molecule has 3 rings (SSSR count). The number of pyridine rings is 1. The highest BCUT2D eigenvalue weighted by Gasteiger charge is 2.14. The van der Waals surface area contributed by atoms with E-state index in [1.165, 1.54) is 5.56 Å². The smallest absolute Gasteiger partial charge is 0.248 e. The first kappa shape index (κ1) is 12.4. The van der Waals surface area contributed by atoms with Crippen LogP contribution in [-0.4, -0.2) is 10.9 Å². The van der Waals surface area contributed by atoms with Crippen LogP contribution in [0.15, 0.2) is 66.9 Å². The molecule has 3 heteroatoms. The number of primary amides is 1. The molecular weight excluding hydrogens is 248 g/mol. The summed E-state index contributed by atoms with van der Waals surface area (Å²) in [5.41, 5.74) is 8.77. The first-order chi connectivity index (χ1) is 9.75. The zero-order valence-electron chi connectivity index (χ0n) is 10.9. The lowest BCUT2D eigenvalue weighted by Crippen LogP contribution is -2.11. The van der Waals surface area contributed by atoms with Gasteiger partial charge in [-0.05, 0) is 17.7 Å².